The van der Waals surface area contributed by atoms with Gasteiger partial charge in [-0.3, -0.25) is 9.59 Å². The lowest BCUT2D eigenvalue weighted by Gasteiger charge is -2.12. The number of hydrogen-bond donors (Lipinski definition) is 1. The summed E-state index contributed by atoms with van der Waals surface area (Å²) in [6, 6.07) is 5.89. The van der Waals surface area contributed by atoms with Gasteiger partial charge in [0.05, 0.1) is 5.56 Å². The zero-order valence-electron chi connectivity index (χ0n) is 9.54. The third-order valence-electron chi connectivity index (χ3n) is 1.87. The summed E-state index contributed by atoms with van der Waals surface area (Å²) in [6.45, 7) is 1.21. The first kappa shape index (κ1) is 15.6. The number of rotatable bonds is 2. The molecule has 1 rings (SSSR count). The number of ether oxygens (including phenoxy) is 1. The Kier molecular flexibility index (Phi) is 5.01. The first-order chi connectivity index (χ1) is 8.74. The van der Waals surface area contributed by atoms with Crippen LogP contribution in [-0.4, -0.2) is 15.7 Å². The molecule has 0 heterocycles. The van der Waals surface area contributed by atoms with Crippen LogP contribution >= 0.6 is 34.8 Å². The minimum Gasteiger partial charge on any atom is -0.425 e. The maximum Gasteiger partial charge on any atom is 0.308 e. The molecule has 0 unspecified atom stereocenters. The molecule has 0 fully saturated rings. The van der Waals surface area contributed by atoms with E-state index < -0.39 is 15.7 Å². The zero-order valence-corrected chi connectivity index (χ0v) is 11.8. The molecule has 0 aliphatic rings. The van der Waals surface area contributed by atoms with E-state index in [4.69, 9.17) is 44.8 Å². The number of amides is 1. The average molecular weight is 322 g/mol. The molecule has 1 amide bonds. The summed E-state index contributed by atoms with van der Waals surface area (Å²) in [5.41, 5.74) is 0.307. The summed E-state index contributed by atoms with van der Waals surface area (Å²) in [4.78, 5) is 22.2. The molecule has 0 bridgehead atoms. The van der Waals surface area contributed by atoms with Crippen LogP contribution in [-0.2, 0) is 9.59 Å². The topological polar surface area (TPSA) is 79.2 Å². The number of nitriles is 1. The van der Waals surface area contributed by atoms with E-state index in [1.165, 1.54) is 25.1 Å². The van der Waals surface area contributed by atoms with Crippen LogP contribution in [0.3, 0.4) is 0 Å². The van der Waals surface area contributed by atoms with Crippen molar-refractivity contribution in [1.29, 1.82) is 5.26 Å². The Balaban J connectivity index is 2.98. The van der Waals surface area contributed by atoms with Gasteiger partial charge in [0, 0.05) is 12.6 Å². The van der Waals surface area contributed by atoms with Gasteiger partial charge in [0.25, 0.3) is 9.70 Å². The summed E-state index contributed by atoms with van der Waals surface area (Å²) in [5.74, 6) is -1.34. The van der Waals surface area contributed by atoms with Gasteiger partial charge in [-0.15, -0.1) is 0 Å². The molecule has 0 aliphatic heterocycles. The highest BCUT2D eigenvalue weighted by atomic mass is 35.6. The van der Waals surface area contributed by atoms with Crippen molar-refractivity contribution in [2.24, 2.45) is 0 Å². The number of carbonyl (C=O) groups excluding carboxylic acids is 2. The van der Waals surface area contributed by atoms with E-state index in [0.29, 0.717) is 0 Å². The third kappa shape index (κ3) is 4.60. The van der Waals surface area contributed by atoms with Gasteiger partial charge in [0.2, 0.25) is 0 Å². The summed E-state index contributed by atoms with van der Waals surface area (Å²) >= 11 is 16.2. The lowest BCUT2D eigenvalue weighted by Crippen LogP contribution is -2.26. The summed E-state index contributed by atoms with van der Waals surface area (Å²) in [7, 11) is 0. The van der Waals surface area contributed by atoms with Crippen molar-refractivity contribution in [2.75, 3.05) is 5.32 Å². The van der Waals surface area contributed by atoms with Crippen molar-refractivity contribution < 1.29 is 14.3 Å². The van der Waals surface area contributed by atoms with Crippen LogP contribution < -0.4 is 10.1 Å². The number of halogens is 3. The highest BCUT2D eigenvalue weighted by molar-refractivity contribution is 6.76. The van der Waals surface area contributed by atoms with Gasteiger partial charge in [0.15, 0.2) is 0 Å². The molecule has 100 valence electrons. The molecule has 0 atom stereocenters. The Morgan fingerprint density at radius 1 is 1.37 bits per heavy atom. The lowest BCUT2D eigenvalue weighted by molar-refractivity contribution is -0.131. The van der Waals surface area contributed by atoms with Gasteiger partial charge in [0.1, 0.15) is 11.8 Å². The van der Waals surface area contributed by atoms with E-state index >= 15 is 0 Å². The summed E-state index contributed by atoms with van der Waals surface area (Å²) in [5, 5.41) is 11.2. The molecule has 1 N–H and O–H groups in total. The maximum absolute atomic E-state index is 11.4. The molecule has 19 heavy (non-hydrogen) atoms. The Bertz CT molecular complexity index is 561. The fraction of sp³-hybridized carbons (Fsp3) is 0.182. The minimum atomic E-state index is -2.11. The number of esters is 1. The molecular formula is C11H7Cl3N2O3. The van der Waals surface area contributed by atoms with Crippen LogP contribution in [0.1, 0.15) is 12.5 Å². The molecule has 8 heteroatoms. The second-order valence-corrected chi connectivity index (χ2v) is 5.65. The van der Waals surface area contributed by atoms with E-state index in [1.54, 1.807) is 0 Å². The average Bonchev–Trinajstić information content (AvgIpc) is 2.29. The third-order valence-corrected chi connectivity index (χ3v) is 2.38. The predicted octanol–water partition coefficient (Wildman–Crippen LogP) is 2.79. The van der Waals surface area contributed by atoms with Crippen LogP contribution in [0.5, 0.6) is 5.75 Å². The number of benzene rings is 1. The van der Waals surface area contributed by atoms with E-state index in [-0.39, 0.29) is 17.0 Å². The molecule has 0 aromatic heterocycles. The Hall–Kier alpha value is -1.48. The zero-order chi connectivity index (χ0) is 14.6. The standard InChI is InChI=1S/C11H7Cl3N2O3/c1-6(17)19-9-3-2-8(4-7(9)5-15)16-10(18)11(12,13)14/h2-4H,1H3,(H,16,18). The second-order valence-electron chi connectivity index (χ2n) is 3.37. The van der Waals surface area contributed by atoms with Gasteiger partial charge in [-0.05, 0) is 18.2 Å². The molecule has 1 aromatic carbocycles. The minimum absolute atomic E-state index is 0.0670. The van der Waals surface area contributed by atoms with Crippen molar-refractivity contribution in [1.82, 2.24) is 0 Å². The van der Waals surface area contributed by atoms with Crippen LogP contribution in [0.2, 0.25) is 0 Å². The van der Waals surface area contributed by atoms with Crippen molar-refractivity contribution in [3.05, 3.63) is 23.8 Å². The van der Waals surface area contributed by atoms with E-state index in [0.717, 1.165) is 0 Å². The molecule has 0 aliphatic carbocycles. The van der Waals surface area contributed by atoms with Crippen molar-refractivity contribution in [2.45, 2.75) is 10.7 Å². The molecule has 0 radical (unpaired) electrons. The van der Waals surface area contributed by atoms with Gasteiger partial charge in [-0.25, -0.2) is 0 Å². The molecule has 0 saturated heterocycles. The number of anilines is 1. The van der Waals surface area contributed by atoms with Gasteiger partial charge in [-0.1, -0.05) is 34.8 Å². The smallest absolute Gasteiger partial charge is 0.308 e. The largest absolute Gasteiger partial charge is 0.425 e. The highest BCUT2D eigenvalue weighted by Gasteiger charge is 2.30. The molecule has 1 aromatic rings. The normalized spacial score (nSPS) is 10.5. The van der Waals surface area contributed by atoms with Crippen LogP contribution in [0.4, 0.5) is 5.69 Å². The highest BCUT2D eigenvalue weighted by Crippen LogP contribution is 2.29. The first-order valence-electron chi connectivity index (χ1n) is 4.85. The van der Waals surface area contributed by atoms with Crippen molar-refractivity contribution in [3.8, 4) is 11.8 Å². The Morgan fingerprint density at radius 2 is 2.00 bits per heavy atom. The predicted molar refractivity (Wildman–Crippen MR) is 71.4 cm³/mol. The van der Waals surface area contributed by atoms with Gasteiger partial charge >= 0.3 is 5.97 Å². The molecular weight excluding hydrogens is 314 g/mol. The SMILES string of the molecule is CC(=O)Oc1ccc(NC(=O)C(Cl)(Cl)Cl)cc1C#N. The van der Waals surface area contributed by atoms with E-state index in [1.807, 2.05) is 6.07 Å². The quantitative estimate of drug-likeness (QED) is 0.516. The van der Waals surface area contributed by atoms with E-state index in [9.17, 15) is 9.59 Å². The van der Waals surface area contributed by atoms with Crippen molar-refractivity contribution >= 4 is 52.4 Å². The Morgan fingerprint density at radius 3 is 2.47 bits per heavy atom. The number of nitrogens with one attached hydrogen (secondary N) is 1. The fourth-order valence-electron chi connectivity index (χ4n) is 1.14. The molecule has 5 nitrogen and oxygen atoms in total. The lowest BCUT2D eigenvalue weighted by atomic mass is 10.2. The summed E-state index contributed by atoms with van der Waals surface area (Å²) < 4.78 is 2.70. The number of alkyl halides is 3. The fourth-order valence-corrected chi connectivity index (χ4v) is 1.28. The number of nitrogens with zero attached hydrogens (tertiary/aromatic N) is 1. The van der Waals surface area contributed by atoms with Crippen molar-refractivity contribution in [3.63, 3.8) is 0 Å². The second kappa shape index (κ2) is 6.11. The van der Waals surface area contributed by atoms with Crippen LogP contribution in [0, 0.1) is 11.3 Å². The van der Waals surface area contributed by atoms with Crippen LogP contribution in [0.25, 0.3) is 0 Å². The maximum atomic E-state index is 11.4. The number of hydrogen-bond acceptors (Lipinski definition) is 4. The molecule has 0 saturated carbocycles. The summed E-state index contributed by atoms with van der Waals surface area (Å²) in [6.07, 6.45) is 0. The number of carbonyl (C=O) groups is 2. The first-order valence-corrected chi connectivity index (χ1v) is 5.98. The van der Waals surface area contributed by atoms with E-state index in [2.05, 4.69) is 5.32 Å². The Labute approximate surface area is 124 Å². The van der Waals surface area contributed by atoms with Crippen LogP contribution in [0.15, 0.2) is 18.2 Å². The molecule has 0 spiro atoms. The van der Waals surface area contributed by atoms with Gasteiger partial charge in [-0.2, -0.15) is 5.26 Å². The monoisotopic (exact) mass is 320 g/mol. The van der Waals surface area contributed by atoms with Gasteiger partial charge < -0.3 is 10.1 Å².